The van der Waals surface area contributed by atoms with E-state index in [0.29, 0.717) is 23.8 Å². The van der Waals surface area contributed by atoms with Crippen LogP contribution in [0.3, 0.4) is 0 Å². The maximum Gasteiger partial charge on any atom is 0.242 e. The highest BCUT2D eigenvalue weighted by Crippen LogP contribution is 2.29. The van der Waals surface area contributed by atoms with Crippen LogP contribution in [-0.2, 0) is 24.8 Å². The van der Waals surface area contributed by atoms with E-state index in [9.17, 15) is 16.8 Å². The summed E-state index contributed by atoms with van der Waals surface area (Å²) in [5.74, 6) is 0. The molecule has 23 heavy (non-hydrogen) atoms. The van der Waals surface area contributed by atoms with Crippen LogP contribution in [0.2, 0.25) is 5.02 Å². The molecule has 1 aromatic rings. The number of likely N-dealkylation sites (N-methyl/N-ethyl adjacent to an activating group) is 1. The Bertz CT molecular complexity index is 897. The molecule has 0 bridgehead atoms. The van der Waals surface area contributed by atoms with Gasteiger partial charge in [-0.2, -0.15) is 4.31 Å². The number of primary sulfonamides is 1. The zero-order chi connectivity index (χ0) is 20.0. The Labute approximate surface area is 145 Å². The minimum Gasteiger partial charge on any atom is -0.374 e. The molecule has 1 aliphatic rings. The fourth-order valence-electron chi connectivity index (χ4n) is 2.34. The summed E-state index contributed by atoms with van der Waals surface area (Å²) < 4.78 is 77.7. The quantitative estimate of drug-likeness (QED) is 0.818. The first-order valence-corrected chi connectivity index (χ1v) is 10.0. The van der Waals surface area contributed by atoms with Crippen LogP contribution in [0.4, 0.5) is 0 Å². The molecular formula is C13H19ClN2O5S2. The summed E-state index contributed by atoms with van der Waals surface area (Å²) in [6.45, 7) is -1.36. The molecule has 0 amide bonds. The van der Waals surface area contributed by atoms with Gasteiger partial charge >= 0.3 is 0 Å². The van der Waals surface area contributed by atoms with Crippen molar-refractivity contribution >= 4 is 31.6 Å². The first-order valence-electron chi connectivity index (χ1n) is 8.16. The van der Waals surface area contributed by atoms with Crippen molar-refractivity contribution in [2.45, 2.75) is 35.2 Å². The molecule has 1 heterocycles. The molecule has 1 unspecified atom stereocenters. The van der Waals surface area contributed by atoms with Crippen molar-refractivity contribution in [2.24, 2.45) is 5.14 Å². The lowest BCUT2D eigenvalue weighted by Gasteiger charge is -2.28. The molecule has 0 spiro atoms. The Morgan fingerprint density at radius 3 is 2.65 bits per heavy atom. The minimum atomic E-state index is -4.57. The van der Waals surface area contributed by atoms with Gasteiger partial charge in [-0.25, -0.2) is 22.0 Å². The average Bonchev–Trinajstić information content (AvgIpc) is 2.90. The molecule has 2 rings (SSSR count). The van der Waals surface area contributed by atoms with E-state index in [2.05, 4.69) is 0 Å². The predicted molar refractivity (Wildman–Crippen MR) is 86.2 cm³/mol. The predicted octanol–water partition coefficient (Wildman–Crippen LogP) is 1.18. The van der Waals surface area contributed by atoms with Crippen molar-refractivity contribution in [3.05, 3.63) is 23.2 Å². The molecule has 2 N–H and O–H groups in total. The van der Waals surface area contributed by atoms with Crippen molar-refractivity contribution in [3.8, 4) is 0 Å². The standard InChI is InChI=1S/C13H19ClN2O5S2/c1-13(6-3-7-21-13)9-16(2)23(19,20)10-4-5-11(14)12(8-10)22(15,17)18/h4-5,8H,3,6-7,9H2,1-2H3,(H2,15,17,18)/i2D3. The number of nitrogens with two attached hydrogens (primary N) is 1. The highest BCUT2D eigenvalue weighted by molar-refractivity contribution is 7.90. The van der Waals surface area contributed by atoms with Crippen molar-refractivity contribution in [1.82, 2.24) is 4.31 Å². The highest BCUT2D eigenvalue weighted by atomic mass is 35.5. The second-order valence-corrected chi connectivity index (χ2v) is 9.35. The molecule has 1 fully saturated rings. The van der Waals surface area contributed by atoms with Crippen LogP contribution in [0.5, 0.6) is 0 Å². The summed E-state index contributed by atoms with van der Waals surface area (Å²) in [4.78, 5) is -1.14. The summed E-state index contributed by atoms with van der Waals surface area (Å²) in [5, 5.41) is 4.77. The SMILES string of the molecule is [2H]C([2H])([2H])N(CC1(C)CCCO1)S(=O)(=O)c1ccc(Cl)c(S(N)(=O)=O)c1. The number of nitrogens with zero attached hydrogens (tertiary/aromatic N) is 1. The Kier molecular flexibility index (Phi) is 4.01. The van der Waals surface area contributed by atoms with Crippen molar-refractivity contribution in [2.75, 3.05) is 20.1 Å². The van der Waals surface area contributed by atoms with Crippen molar-refractivity contribution in [3.63, 3.8) is 0 Å². The lowest BCUT2D eigenvalue weighted by Crippen LogP contribution is -2.41. The zero-order valence-corrected chi connectivity index (χ0v) is 14.7. The van der Waals surface area contributed by atoms with Crippen LogP contribution in [0.25, 0.3) is 0 Å². The van der Waals surface area contributed by atoms with Gasteiger partial charge in [0.2, 0.25) is 20.0 Å². The van der Waals surface area contributed by atoms with Gasteiger partial charge < -0.3 is 4.74 Å². The Morgan fingerprint density at radius 1 is 1.43 bits per heavy atom. The molecular weight excluding hydrogens is 364 g/mol. The zero-order valence-electron chi connectivity index (χ0n) is 15.3. The minimum absolute atomic E-state index is 0.266. The van der Waals surface area contributed by atoms with Crippen LogP contribution in [0.15, 0.2) is 28.0 Å². The number of sulfonamides is 2. The summed E-state index contributed by atoms with van der Waals surface area (Å²) >= 11 is 5.76. The summed E-state index contributed by atoms with van der Waals surface area (Å²) in [6.07, 6.45) is 1.18. The molecule has 7 nitrogen and oxygen atoms in total. The van der Waals surface area contributed by atoms with Crippen LogP contribution < -0.4 is 5.14 Å². The number of ether oxygens (including phenoxy) is 1. The van der Waals surface area contributed by atoms with E-state index in [-0.39, 0.29) is 5.02 Å². The monoisotopic (exact) mass is 385 g/mol. The summed E-state index contributed by atoms with van der Waals surface area (Å²) in [7, 11) is -8.86. The number of rotatable bonds is 5. The second-order valence-electron chi connectivity index (χ2n) is 5.55. The smallest absolute Gasteiger partial charge is 0.242 e. The van der Waals surface area contributed by atoms with E-state index in [1.54, 1.807) is 6.92 Å². The molecule has 0 saturated carbocycles. The third kappa shape index (κ3) is 4.04. The van der Waals surface area contributed by atoms with Gasteiger partial charge in [-0.1, -0.05) is 11.6 Å². The van der Waals surface area contributed by atoms with E-state index >= 15 is 0 Å². The van der Waals surface area contributed by atoms with E-state index in [4.69, 9.17) is 25.6 Å². The molecule has 1 saturated heterocycles. The Morgan fingerprint density at radius 2 is 2.13 bits per heavy atom. The lowest BCUT2D eigenvalue weighted by molar-refractivity contribution is 0.00965. The van der Waals surface area contributed by atoms with Gasteiger partial charge in [0.1, 0.15) is 4.90 Å². The maximum atomic E-state index is 12.9. The first kappa shape index (κ1) is 14.6. The van der Waals surface area contributed by atoms with Crippen molar-refractivity contribution in [1.29, 1.82) is 0 Å². The average molecular weight is 386 g/mol. The van der Waals surface area contributed by atoms with Crippen LogP contribution in [-0.4, -0.2) is 46.9 Å². The highest BCUT2D eigenvalue weighted by Gasteiger charge is 2.35. The van der Waals surface area contributed by atoms with Gasteiger partial charge in [-0.3, -0.25) is 0 Å². The van der Waals surface area contributed by atoms with E-state index < -0.39 is 49.0 Å². The Hall–Kier alpha value is -0.710. The van der Waals surface area contributed by atoms with Gasteiger partial charge in [-0.05, 0) is 38.0 Å². The molecule has 1 atom stereocenters. The molecule has 0 aliphatic carbocycles. The van der Waals surface area contributed by atoms with Crippen LogP contribution in [0.1, 0.15) is 23.9 Å². The van der Waals surface area contributed by atoms with Gasteiger partial charge in [0.05, 0.1) is 15.5 Å². The topological polar surface area (TPSA) is 107 Å². The third-order valence-corrected chi connectivity index (χ3v) is 6.53. The molecule has 10 heteroatoms. The Balaban J connectivity index is 2.54. The van der Waals surface area contributed by atoms with Gasteiger partial charge in [0.15, 0.2) is 0 Å². The molecule has 0 radical (unpaired) electrons. The van der Waals surface area contributed by atoms with Gasteiger partial charge in [-0.15, -0.1) is 0 Å². The van der Waals surface area contributed by atoms with E-state index in [1.807, 2.05) is 0 Å². The fourth-order valence-corrected chi connectivity index (χ4v) is 4.69. The van der Waals surface area contributed by atoms with Gasteiger partial charge in [0, 0.05) is 24.2 Å². The van der Waals surface area contributed by atoms with E-state index in [1.165, 1.54) is 0 Å². The lowest BCUT2D eigenvalue weighted by atomic mass is 10.0. The van der Waals surface area contributed by atoms with Crippen LogP contribution >= 0.6 is 11.6 Å². The normalized spacial score (nSPS) is 25.1. The summed E-state index contributed by atoms with van der Waals surface area (Å²) in [5.41, 5.74) is -0.948. The van der Waals surface area contributed by atoms with Gasteiger partial charge in [0.25, 0.3) is 0 Å². The van der Waals surface area contributed by atoms with Crippen molar-refractivity contribution < 1.29 is 25.7 Å². The fraction of sp³-hybridized carbons (Fsp3) is 0.538. The number of benzene rings is 1. The molecule has 1 aromatic carbocycles. The van der Waals surface area contributed by atoms with Crippen LogP contribution in [0, 0.1) is 0 Å². The first-order chi connectivity index (χ1) is 11.7. The summed E-state index contributed by atoms with van der Waals surface area (Å²) in [6, 6.07) is 2.83. The number of hydrogen-bond donors (Lipinski definition) is 1. The maximum absolute atomic E-state index is 12.9. The number of hydrogen-bond acceptors (Lipinski definition) is 5. The number of halogens is 1. The molecule has 0 aromatic heterocycles. The largest absolute Gasteiger partial charge is 0.374 e. The third-order valence-electron chi connectivity index (χ3n) is 3.58. The second kappa shape index (κ2) is 6.30. The van der Waals surface area contributed by atoms with E-state index in [0.717, 1.165) is 18.2 Å². The molecule has 130 valence electrons. The molecule has 1 aliphatic heterocycles.